The van der Waals surface area contributed by atoms with E-state index in [2.05, 4.69) is 13.5 Å². The Morgan fingerprint density at radius 3 is 2.72 bits per heavy atom. The molecule has 2 aliphatic carbocycles. The van der Waals surface area contributed by atoms with E-state index in [9.17, 15) is 9.90 Å². The third-order valence-corrected chi connectivity index (χ3v) is 5.62. The van der Waals surface area contributed by atoms with Crippen molar-refractivity contribution in [1.82, 2.24) is 0 Å². The van der Waals surface area contributed by atoms with Gasteiger partial charge in [-0.25, -0.2) is 0 Å². The molecule has 3 unspecified atom stereocenters. The first-order valence-electron chi connectivity index (χ1n) is 7.07. The van der Waals surface area contributed by atoms with Crippen LogP contribution in [0.3, 0.4) is 0 Å². The van der Waals surface area contributed by atoms with E-state index in [0.29, 0.717) is 11.8 Å². The van der Waals surface area contributed by atoms with Gasteiger partial charge >= 0.3 is 5.97 Å². The molecule has 1 heterocycles. The smallest absolute Gasteiger partial charge is 0.309 e. The van der Waals surface area contributed by atoms with Crippen LogP contribution in [0.25, 0.3) is 0 Å². The predicted octanol–water partition coefficient (Wildman–Crippen LogP) is 2.29. The van der Waals surface area contributed by atoms with Gasteiger partial charge in [0.05, 0.1) is 5.92 Å². The van der Waals surface area contributed by atoms with Crippen LogP contribution in [-0.2, 0) is 9.53 Å². The van der Waals surface area contributed by atoms with Crippen molar-refractivity contribution in [2.45, 2.75) is 51.2 Å². The molecule has 1 spiro atoms. The van der Waals surface area contributed by atoms with Gasteiger partial charge < -0.3 is 9.84 Å². The van der Waals surface area contributed by atoms with Gasteiger partial charge in [0.1, 0.15) is 11.7 Å². The van der Waals surface area contributed by atoms with E-state index in [-0.39, 0.29) is 17.8 Å². The van der Waals surface area contributed by atoms with E-state index in [1.165, 1.54) is 0 Å². The minimum absolute atomic E-state index is 0.0828. The summed E-state index contributed by atoms with van der Waals surface area (Å²) in [7, 11) is 0. The number of esters is 1. The van der Waals surface area contributed by atoms with Crippen molar-refractivity contribution >= 4 is 5.97 Å². The number of aliphatic hydroxyl groups excluding tert-OH is 1. The monoisotopic (exact) mass is 250 g/mol. The summed E-state index contributed by atoms with van der Waals surface area (Å²) in [6.45, 7) is 8.14. The van der Waals surface area contributed by atoms with Gasteiger partial charge in [0.2, 0.25) is 0 Å². The summed E-state index contributed by atoms with van der Waals surface area (Å²) in [5.41, 5.74) is 0.177. The summed E-state index contributed by atoms with van der Waals surface area (Å²) in [6, 6.07) is 0. The van der Waals surface area contributed by atoms with Gasteiger partial charge in [-0.1, -0.05) is 20.4 Å². The Balaban J connectivity index is 2.08. The quantitative estimate of drug-likeness (QED) is 0.530. The lowest BCUT2D eigenvalue weighted by atomic mass is 9.55. The third kappa shape index (κ3) is 1.31. The highest BCUT2D eigenvalue weighted by Gasteiger charge is 2.65. The van der Waals surface area contributed by atoms with Crippen LogP contribution in [0.1, 0.15) is 39.5 Å². The molecule has 100 valence electrons. The molecule has 3 fully saturated rings. The van der Waals surface area contributed by atoms with Crippen LogP contribution in [0.5, 0.6) is 0 Å². The average Bonchev–Trinajstić information content (AvgIpc) is 2.59. The standard InChI is InChI=1S/C15H22O3/c1-8-4-7-12-10(3)14(17)18-15(12)11(8)6-5-9(2)13(15)16/h8,10-13,16H,2,4-7H2,1,3H3/t8?,10?,11-,12-,13?,15-/m0/s1. The summed E-state index contributed by atoms with van der Waals surface area (Å²) < 4.78 is 5.77. The fourth-order valence-electron chi connectivity index (χ4n) is 4.58. The predicted molar refractivity (Wildman–Crippen MR) is 67.7 cm³/mol. The van der Waals surface area contributed by atoms with Crippen LogP contribution >= 0.6 is 0 Å². The highest BCUT2D eigenvalue weighted by atomic mass is 16.6. The number of ether oxygens (including phenoxy) is 1. The highest BCUT2D eigenvalue weighted by molar-refractivity contribution is 5.76. The number of carbonyl (C=O) groups excluding carboxylic acids is 1. The summed E-state index contributed by atoms with van der Waals surface area (Å²) in [5.74, 6) is 0.763. The summed E-state index contributed by atoms with van der Waals surface area (Å²) in [4.78, 5) is 12.0. The molecule has 0 amide bonds. The summed E-state index contributed by atoms with van der Waals surface area (Å²) >= 11 is 0. The van der Waals surface area contributed by atoms with E-state index in [1.807, 2.05) is 6.92 Å². The van der Waals surface area contributed by atoms with Crippen LogP contribution in [0.2, 0.25) is 0 Å². The molecule has 0 aromatic rings. The fraction of sp³-hybridized carbons (Fsp3) is 0.800. The van der Waals surface area contributed by atoms with E-state index < -0.39 is 11.7 Å². The van der Waals surface area contributed by atoms with Gasteiger partial charge in [-0.2, -0.15) is 0 Å². The lowest BCUT2D eigenvalue weighted by Gasteiger charge is -2.53. The molecule has 3 heteroatoms. The molecule has 1 N–H and O–H groups in total. The van der Waals surface area contributed by atoms with Gasteiger partial charge in [0.15, 0.2) is 0 Å². The maximum atomic E-state index is 12.0. The molecule has 2 saturated carbocycles. The van der Waals surface area contributed by atoms with Gasteiger partial charge in [-0.3, -0.25) is 4.79 Å². The second-order valence-corrected chi connectivity index (χ2v) is 6.43. The van der Waals surface area contributed by atoms with Crippen LogP contribution in [0.4, 0.5) is 0 Å². The highest BCUT2D eigenvalue weighted by Crippen LogP contribution is 2.58. The SMILES string of the molecule is C=C1CC[C@H]2C(C)CC[C@H]3C(C)C(=O)O[C@@]23C1O. The molecule has 0 radical (unpaired) electrons. The Labute approximate surface area is 108 Å². The molecule has 18 heavy (non-hydrogen) atoms. The fourth-order valence-corrected chi connectivity index (χ4v) is 4.58. The molecular weight excluding hydrogens is 228 g/mol. The number of carbonyl (C=O) groups is 1. The van der Waals surface area contributed by atoms with Gasteiger partial charge in [-0.05, 0) is 37.2 Å². The van der Waals surface area contributed by atoms with Crippen LogP contribution in [0.15, 0.2) is 12.2 Å². The maximum Gasteiger partial charge on any atom is 0.309 e. The van der Waals surface area contributed by atoms with Crippen LogP contribution in [-0.4, -0.2) is 22.8 Å². The maximum absolute atomic E-state index is 12.0. The topological polar surface area (TPSA) is 46.5 Å². The lowest BCUT2D eigenvalue weighted by molar-refractivity contribution is -0.188. The minimum atomic E-state index is -0.669. The second-order valence-electron chi connectivity index (χ2n) is 6.43. The second kappa shape index (κ2) is 3.83. The first-order valence-corrected chi connectivity index (χ1v) is 7.07. The van der Waals surface area contributed by atoms with Crippen molar-refractivity contribution in [3.63, 3.8) is 0 Å². The lowest BCUT2D eigenvalue weighted by Crippen LogP contribution is -2.60. The zero-order valence-corrected chi connectivity index (χ0v) is 11.2. The van der Waals surface area contributed by atoms with Crippen molar-refractivity contribution in [3.8, 4) is 0 Å². The molecule has 1 saturated heterocycles. The molecular formula is C15H22O3. The van der Waals surface area contributed by atoms with E-state index in [1.54, 1.807) is 0 Å². The number of aliphatic hydroxyl groups is 1. The Kier molecular flexibility index (Phi) is 2.60. The number of hydrogen-bond acceptors (Lipinski definition) is 3. The van der Waals surface area contributed by atoms with Crippen LogP contribution < -0.4 is 0 Å². The molecule has 0 aromatic heterocycles. The van der Waals surface area contributed by atoms with E-state index >= 15 is 0 Å². The average molecular weight is 250 g/mol. The van der Waals surface area contributed by atoms with Crippen LogP contribution in [0, 0.1) is 23.7 Å². The first kappa shape index (κ1) is 12.2. The van der Waals surface area contributed by atoms with Crippen molar-refractivity contribution in [2.75, 3.05) is 0 Å². The number of hydrogen-bond donors (Lipinski definition) is 1. The van der Waals surface area contributed by atoms with Gasteiger partial charge in [0.25, 0.3) is 0 Å². The summed E-state index contributed by atoms with van der Waals surface area (Å²) in [5, 5.41) is 10.6. The van der Waals surface area contributed by atoms with Crippen molar-refractivity contribution in [2.24, 2.45) is 23.7 Å². The zero-order chi connectivity index (χ0) is 13.1. The van der Waals surface area contributed by atoms with E-state index in [0.717, 1.165) is 31.3 Å². The Morgan fingerprint density at radius 2 is 2.00 bits per heavy atom. The first-order chi connectivity index (χ1) is 8.48. The van der Waals surface area contributed by atoms with Gasteiger partial charge in [0, 0.05) is 11.8 Å². The van der Waals surface area contributed by atoms with E-state index in [4.69, 9.17) is 4.74 Å². The van der Waals surface area contributed by atoms with Crippen molar-refractivity contribution in [1.29, 1.82) is 0 Å². The molecule has 3 rings (SSSR count). The molecule has 3 nitrogen and oxygen atoms in total. The normalized spacial score (nSPS) is 51.6. The van der Waals surface area contributed by atoms with Gasteiger partial charge in [-0.15, -0.1) is 0 Å². The molecule has 1 aliphatic heterocycles. The summed E-state index contributed by atoms with van der Waals surface area (Å²) in [6.07, 6.45) is 3.30. The Bertz CT molecular complexity index is 403. The van der Waals surface area contributed by atoms with Crippen molar-refractivity contribution in [3.05, 3.63) is 12.2 Å². The van der Waals surface area contributed by atoms with Crippen molar-refractivity contribution < 1.29 is 14.6 Å². The molecule has 0 bridgehead atoms. The molecule has 6 atom stereocenters. The molecule has 3 aliphatic rings. The zero-order valence-electron chi connectivity index (χ0n) is 11.2. The largest absolute Gasteiger partial charge is 0.455 e. The Morgan fingerprint density at radius 1 is 1.28 bits per heavy atom. The number of rotatable bonds is 0. The minimum Gasteiger partial charge on any atom is -0.455 e. The molecule has 0 aromatic carbocycles. The Hall–Kier alpha value is -0.830. The third-order valence-electron chi connectivity index (χ3n) is 5.62.